The molecule has 0 unspecified atom stereocenters. The van der Waals surface area contributed by atoms with Crippen molar-refractivity contribution in [3.63, 3.8) is 0 Å². The second-order valence-corrected chi connectivity index (χ2v) is 10.9. The minimum absolute atomic E-state index is 0.0755. The Labute approximate surface area is 212 Å². The van der Waals surface area contributed by atoms with Gasteiger partial charge in [0, 0.05) is 36.8 Å². The van der Waals surface area contributed by atoms with Crippen LogP contribution in [-0.4, -0.2) is 53.0 Å². The van der Waals surface area contributed by atoms with Gasteiger partial charge in [0.25, 0.3) is 0 Å². The Hall–Kier alpha value is -3.42. The summed E-state index contributed by atoms with van der Waals surface area (Å²) in [5.41, 5.74) is 2.08. The number of likely N-dealkylation sites (tertiary alicyclic amines) is 1. The molecule has 1 atom stereocenters. The third-order valence-electron chi connectivity index (χ3n) is 6.71. The van der Waals surface area contributed by atoms with Crippen LogP contribution >= 0.6 is 0 Å². The molecular formula is C28H35N3O5. The number of benzene rings is 1. The van der Waals surface area contributed by atoms with Crippen LogP contribution in [0, 0.1) is 5.41 Å². The zero-order valence-electron chi connectivity index (χ0n) is 21.5. The summed E-state index contributed by atoms with van der Waals surface area (Å²) in [5.74, 6) is 0.118. The van der Waals surface area contributed by atoms with Crippen LogP contribution in [0.1, 0.15) is 59.3 Å². The third-order valence-corrected chi connectivity index (χ3v) is 6.71. The molecule has 1 aliphatic heterocycles. The van der Waals surface area contributed by atoms with Crippen molar-refractivity contribution in [2.24, 2.45) is 5.41 Å². The first-order valence-corrected chi connectivity index (χ1v) is 12.5. The predicted octanol–water partition coefficient (Wildman–Crippen LogP) is 4.59. The fourth-order valence-corrected chi connectivity index (χ4v) is 4.67. The fraction of sp³-hybridized carbons (Fsp3) is 0.500. The van der Waals surface area contributed by atoms with Crippen molar-refractivity contribution in [2.45, 2.75) is 70.9 Å². The first-order valence-electron chi connectivity index (χ1n) is 12.5. The average Bonchev–Trinajstić information content (AvgIpc) is 3.47. The fourth-order valence-electron chi connectivity index (χ4n) is 4.67. The molecule has 4 rings (SSSR count). The van der Waals surface area contributed by atoms with Crippen LogP contribution < -0.4 is 10.1 Å². The van der Waals surface area contributed by atoms with E-state index in [9.17, 15) is 14.4 Å². The molecule has 1 N–H and O–H groups in total. The maximum absolute atomic E-state index is 13.2. The quantitative estimate of drug-likeness (QED) is 0.540. The second kappa shape index (κ2) is 10.3. The SMILES string of the molecule is COc1cncc(-c2ccc(NC(=O)[C@@H]3CC4(CC4)CN3C(=O)CCCC(=O)OC(C)(C)C)cc2)c1. The van der Waals surface area contributed by atoms with Gasteiger partial charge in [0.05, 0.1) is 13.3 Å². The molecule has 2 aromatic rings. The zero-order chi connectivity index (χ0) is 25.9. The van der Waals surface area contributed by atoms with E-state index in [1.807, 2.05) is 51.1 Å². The molecule has 2 aliphatic rings. The van der Waals surface area contributed by atoms with E-state index >= 15 is 0 Å². The predicted molar refractivity (Wildman–Crippen MR) is 136 cm³/mol. The number of aromatic nitrogens is 1. The number of carbonyl (C=O) groups excluding carboxylic acids is 3. The van der Waals surface area contributed by atoms with Crippen molar-refractivity contribution in [1.82, 2.24) is 9.88 Å². The van der Waals surface area contributed by atoms with Crippen molar-refractivity contribution >= 4 is 23.5 Å². The van der Waals surface area contributed by atoms with E-state index in [0.29, 0.717) is 30.8 Å². The average molecular weight is 494 g/mol. The van der Waals surface area contributed by atoms with Gasteiger partial charge in [0.15, 0.2) is 0 Å². The van der Waals surface area contributed by atoms with Crippen molar-refractivity contribution in [1.29, 1.82) is 0 Å². The molecule has 1 aliphatic carbocycles. The lowest BCUT2D eigenvalue weighted by Crippen LogP contribution is -2.43. The van der Waals surface area contributed by atoms with E-state index in [4.69, 9.17) is 9.47 Å². The highest BCUT2D eigenvalue weighted by Crippen LogP contribution is 2.55. The van der Waals surface area contributed by atoms with Crippen molar-refractivity contribution in [2.75, 3.05) is 19.0 Å². The van der Waals surface area contributed by atoms with E-state index in [2.05, 4.69) is 10.3 Å². The van der Waals surface area contributed by atoms with Gasteiger partial charge in [-0.2, -0.15) is 0 Å². The van der Waals surface area contributed by atoms with Crippen LogP contribution in [0.5, 0.6) is 5.75 Å². The number of nitrogens with one attached hydrogen (secondary N) is 1. The number of pyridine rings is 1. The maximum Gasteiger partial charge on any atom is 0.306 e. The smallest absolute Gasteiger partial charge is 0.306 e. The van der Waals surface area contributed by atoms with E-state index in [1.165, 1.54) is 0 Å². The second-order valence-electron chi connectivity index (χ2n) is 10.9. The molecule has 8 heteroatoms. The highest BCUT2D eigenvalue weighted by Gasteiger charge is 2.55. The van der Waals surface area contributed by atoms with E-state index < -0.39 is 11.6 Å². The first kappa shape index (κ1) is 25.7. The summed E-state index contributed by atoms with van der Waals surface area (Å²) in [6.07, 6.45) is 7.00. The summed E-state index contributed by atoms with van der Waals surface area (Å²) < 4.78 is 10.6. The number of rotatable bonds is 8. The van der Waals surface area contributed by atoms with E-state index in [1.54, 1.807) is 24.4 Å². The molecule has 1 aromatic heterocycles. The van der Waals surface area contributed by atoms with Gasteiger partial charge in [0.2, 0.25) is 11.8 Å². The highest BCUT2D eigenvalue weighted by molar-refractivity contribution is 5.98. The topological polar surface area (TPSA) is 97.8 Å². The van der Waals surface area contributed by atoms with E-state index in [0.717, 1.165) is 24.0 Å². The van der Waals surface area contributed by atoms with Crippen molar-refractivity contribution in [3.05, 3.63) is 42.7 Å². The van der Waals surface area contributed by atoms with Gasteiger partial charge in [-0.3, -0.25) is 19.4 Å². The Morgan fingerprint density at radius 2 is 1.81 bits per heavy atom. The Morgan fingerprint density at radius 1 is 1.08 bits per heavy atom. The summed E-state index contributed by atoms with van der Waals surface area (Å²) in [5, 5.41) is 2.99. The lowest BCUT2D eigenvalue weighted by molar-refractivity contribution is -0.155. The van der Waals surface area contributed by atoms with Crippen LogP contribution in [0.2, 0.25) is 0 Å². The standard InChI is InChI=1S/C28H35N3O5/c1-27(2,3)36-25(33)7-5-6-24(32)31-18-28(12-13-28)15-23(31)26(34)30-21-10-8-19(9-11-21)20-14-22(35-4)17-29-16-20/h8-11,14,16-17,23H,5-7,12-13,15,18H2,1-4H3,(H,30,34)/t23-/m0/s1. The number of amides is 2. The largest absolute Gasteiger partial charge is 0.495 e. The number of hydrogen-bond donors (Lipinski definition) is 1. The highest BCUT2D eigenvalue weighted by atomic mass is 16.6. The Kier molecular flexibility index (Phi) is 7.33. The zero-order valence-corrected chi connectivity index (χ0v) is 21.5. The number of carbonyl (C=O) groups is 3. The maximum atomic E-state index is 13.2. The minimum atomic E-state index is -0.541. The minimum Gasteiger partial charge on any atom is -0.495 e. The van der Waals surface area contributed by atoms with Gasteiger partial charge in [-0.05, 0) is 75.6 Å². The van der Waals surface area contributed by atoms with E-state index in [-0.39, 0.29) is 36.0 Å². The summed E-state index contributed by atoms with van der Waals surface area (Å²) in [6, 6.07) is 8.94. The number of ether oxygens (including phenoxy) is 2. The molecule has 0 radical (unpaired) electrons. The van der Waals surface area contributed by atoms with Gasteiger partial charge in [0.1, 0.15) is 17.4 Å². The van der Waals surface area contributed by atoms with Gasteiger partial charge < -0.3 is 19.7 Å². The molecule has 2 heterocycles. The van der Waals surface area contributed by atoms with Crippen LogP contribution in [0.25, 0.3) is 11.1 Å². The van der Waals surface area contributed by atoms with Crippen molar-refractivity contribution < 1.29 is 23.9 Å². The third kappa shape index (κ3) is 6.42. The summed E-state index contributed by atoms with van der Waals surface area (Å²) in [7, 11) is 1.60. The molecule has 2 amide bonds. The van der Waals surface area contributed by atoms with Crippen LogP contribution in [0.4, 0.5) is 5.69 Å². The normalized spacial score (nSPS) is 18.1. The Morgan fingerprint density at radius 3 is 2.44 bits per heavy atom. The monoisotopic (exact) mass is 493 g/mol. The van der Waals surface area contributed by atoms with Gasteiger partial charge in [-0.25, -0.2) is 0 Å². The van der Waals surface area contributed by atoms with Gasteiger partial charge >= 0.3 is 5.97 Å². The number of hydrogen-bond acceptors (Lipinski definition) is 6. The van der Waals surface area contributed by atoms with Gasteiger partial charge in [-0.1, -0.05) is 12.1 Å². The van der Waals surface area contributed by atoms with Crippen molar-refractivity contribution in [3.8, 4) is 16.9 Å². The molecular weight excluding hydrogens is 458 g/mol. The van der Waals surface area contributed by atoms with Gasteiger partial charge in [-0.15, -0.1) is 0 Å². The number of esters is 1. The molecule has 8 nitrogen and oxygen atoms in total. The summed E-state index contributed by atoms with van der Waals surface area (Å²) in [4.78, 5) is 44.1. The molecule has 1 saturated heterocycles. The summed E-state index contributed by atoms with van der Waals surface area (Å²) >= 11 is 0. The molecule has 1 aromatic carbocycles. The molecule has 192 valence electrons. The Balaban J connectivity index is 1.35. The molecule has 36 heavy (non-hydrogen) atoms. The van der Waals surface area contributed by atoms with Crippen LogP contribution in [0.15, 0.2) is 42.7 Å². The van der Waals surface area contributed by atoms with Crippen LogP contribution in [-0.2, 0) is 19.1 Å². The molecule has 1 spiro atoms. The lowest BCUT2D eigenvalue weighted by Gasteiger charge is -2.24. The molecule has 1 saturated carbocycles. The first-order chi connectivity index (χ1) is 17.1. The number of nitrogens with zero attached hydrogens (tertiary/aromatic N) is 2. The molecule has 2 fully saturated rings. The summed E-state index contributed by atoms with van der Waals surface area (Å²) in [6.45, 7) is 6.07. The Bertz CT molecular complexity index is 1120. The molecule has 0 bridgehead atoms. The number of anilines is 1. The van der Waals surface area contributed by atoms with Crippen LogP contribution in [0.3, 0.4) is 0 Å². The lowest BCUT2D eigenvalue weighted by atomic mass is 10.0. The number of methoxy groups -OCH3 is 1.